The summed E-state index contributed by atoms with van der Waals surface area (Å²) in [5.74, 6) is -0.0436. The maximum atomic E-state index is 12.4. The van der Waals surface area contributed by atoms with Crippen LogP contribution in [-0.4, -0.2) is 28.6 Å². The molecule has 0 amide bonds. The molecule has 0 aromatic rings. The fraction of sp³-hybridized carbons (Fsp3) is 0.857. The normalized spacial score (nSPS) is 27.1. The van der Waals surface area contributed by atoms with Crippen molar-refractivity contribution in [1.82, 2.24) is 0 Å². The lowest BCUT2D eigenvalue weighted by molar-refractivity contribution is -0.0555. The van der Waals surface area contributed by atoms with Gasteiger partial charge in [0.1, 0.15) is 0 Å². The summed E-state index contributed by atoms with van der Waals surface area (Å²) in [4.78, 5) is 0. The molecule has 3 nitrogen and oxygen atoms in total. The van der Waals surface area contributed by atoms with Crippen LogP contribution >= 0.6 is 0 Å². The summed E-state index contributed by atoms with van der Waals surface area (Å²) in [6, 6.07) is 0.896. The molecule has 3 atom stereocenters. The van der Waals surface area contributed by atoms with Crippen LogP contribution in [0, 0.1) is 17.8 Å². The maximum absolute atomic E-state index is 12.4. The first-order valence-electron chi connectivity index (χ1n) is 7.38. The van der Waals surface area contributed by atoms with Crippen LogP contribution in [0.3, 0.4) is 0 Å². The second-order valence-corrected chi connectivity index (χ2v) is 14.5. The minimum Gasteiger partial charge on any atom is -0.263 e. The molecule has 0 aromatic carbocycles. The highest BCUT2D eigenvalue weighted by Crippen LogP contribution is 2.43. The molecule has 1 aliphatic rings. The molecule has 1 saturated carbocycles. The van der Waals surface area contributed by atoms with Gasteiger partial charge in [-0.2, -0.15) is 21.6 Å². The molecule has 8 heteroatoms. The summed E-state index contributed by atoms with van der Waals surface area (Å²) in [5, 5.41) is 0. The highest BCUT2D eigenvalue weighted by atomic mass is 32.2. The van der Waals surface area contributed by atoms with Gasteiger partial charge >= 0.3 is 15.6 Å². The molecule has 0 radical (unpaired) electrons. The molecule has 0 unspecified atom stereocenters. The molecule has 1 aliphatic carbocycles. The standard InChI is InChI=1S/C14H25F3O3SSi/c1-10-6-7-12(11(2)9-22(3,4)5)13(10)8-20-21(18,19)14(15,16)17/h10,12-13H,2,6-9H2,1,3-5H3/t10-,12+,13+/m1/s1. The molecular weight excluding hydrogens is 333 g/mol. The smallest absolute Gasteiger partial charge is 0.263 e. The third-order valence-electron chi connectivity index (χ3n) is 4.16. The Morgan fingerprint density at radius 3 is 2.27 bits per heavy atom. The Morgan fingerprint density at radius 2 is 1.82 bits per heavy atom. The molecule has 0 heterocycles. The minimum atomic E-state index is -5.51. The van der Waals surface area contributed by atoms with Gasteiger partial charge in [0, 0.05) is 8.07 Å². The van der Waals surface area contributed by atoms with Crippen LogP contribution in [0.15, 0.2) is 12.2 Å². The van der Waals surface area contributed by atoms with Crippen molar-refractivity contribution in [2.45, 2.75) is 51.0 Å². The Balaban J connectivity index is 2.77. The van der Waals surface area contributed by atoms with Gasteiger partial charge in [-0.1, -0.05) is 38.7 Å². The van der Waals surface area contributed by atoms with Gasteiger partial charge in [0.25, 0.3) is 0 Å². The summed E-state index contributed by atoms with van der Waals surface area (Å²) in [6.07, 6.45) is 1.69. The molecule has 22 heavy (non-hydrogen) atoms. The zero-order valence-corrected chi connectivity index (χ0v) is 15.4. The van der Waals surface area contributed by atoms with Gasteiger partial charge in [-0.05, 0) is 36.6 Å². The van der Waals surface area contributed by atoms with E-state index in [0.29, 0.717) is 0 Å². The molecule has 130 valence electrons. The van der Waals surface area contributed by atoms with Crippen molar-refractivity contribution in [3.63, 3.8) is 0 Å². The van der Waals surface area contributed by atoms with Crippen LogP contribution < -0.4 is 0 Å². The largest absolute Gasteiger partial charge is 0.523 e. The number of rotatable bonds is 6. The molecule has 1 rings (SSSR count). The predicted octanol–water partition coefficient (Wildman–Crippen LogP) is 4.41. The van der Waals surface area contributed by atoms with Crippen LogP contribution in [0.4, 0.5) is 13.2 Å². The lowest BCUT2D eigenvalue weighted by Crippen LogP contribution is -2.31. The minimum absolute atomic E-state index is 0.0464. The van der Waals surface area contributed by atoms with Crippen LogP contribution in [0.2, 0.25) is 25.7 Å². The Kier molecular flexibility index (Phi) is 5.95. The van der Waals surface area contributed by atoms with E-state index in [4.69, 9.17) is 0 Å². The topological polar surface area (TPSA) is 43.4 Å². The van der Waals surface area contributed by atoms with E-state index in [0.717, 1.165) is 24.5 Å². The second-order valence-electron chi connectivity index (χ2n) is 7.41. The van der Waals surface area contributed by atoms with Crippen molar-refractivity contribution in [1.29, 1.82) is 0 Å². The average molecular weight is 358 g/mol. The van der Waals surface area contributed by atoms with E-state index in [1.165, 1.54) is 0 Å². The van der Waals surface area contributed by atoms with E-state index in [1.54, 1.807) is 0 Å². The van der Waals surface area contributed by atoms with E-state index in [9.17, 15) is 21.6 Å². The molecular formula is C14H25F3O3SSi. The SMILES string of the molecule is C=C(C[Si](C)(C)C)[C@@H]1CC[C@@H](C)[C@@H]1COS(=O)(=O)C(F)(F)F. The van der Waals surface area contributed by atoms with Crippen molar-refractivity contribution in [2.24, 2.45) is 17.8 Å². The number of halogens is 3. The van der Waals surface area contributed by atoms with Gasteiger partial charge in [-0.15, -0.1) is 0 Å². The molecule has 0 aromatic heterocycles. The fourth-order valence-electron chi connectivity index (χ4n) is 3.10. The summed E-state index contributed by atoms with van der Waals surface area (Å²) in [7, 11) is -6.88. The number of hydrogen-bond donors (Lipinski definition) is 0. The third kappa shape index (κ3) is 5.09. The predicted molar refractivity (Wildman–Crippen MR) is 83.6 cm³/mol. The zero-order chi connectivity index (χ0) is 17.3. The quantitative estimate of drug-likeness (QED) is 0.306. The van der Waals surface area contributed by atoms with Crippen LogP contribution in [0.25, 0.3) is 0 Å². The molecule has 0 aliphatic heterocycles. The second kappa shape index (κ2) is 6.65. The lowest BCUT2D eigenvalue weighted by atomic mass is 9.87. The van der Waals surface area contributed by atoms with Crippen molar-refractivity contribution < 1.29 is 25.8 Å². The lowest BCUT2D eigenvalue weighted by Gasteiger charge is -2.27. The zero-order valence-electron chi connectivity index (χ0n) is 13.5. The fourth-order valence-corrected chi connectivity index (χ4v) is 5.20. The van der Waals surface area contributed by atoms with Gasteiger partial charge < -0.3 is 0 Å². The molecule has 0 N–H and O–H groups in total. The number of allylic oxidation sites excluding steroid dienone is 1. The monoisotopic (exact) mass is 358 g/mol. The average Bonchev–Trinajstić information content (AvgIpc) is 2.64. The van der Waals surface area contributed by atoms with Crippen LogP contribution in [-0.2, 0) is 14.3 Å². The van der Waals surface area contributed by atoms with Crippen LogP contribution in [0.1, 0.15) is 19.8 Å². The Labute approximate surface area is 132 Å². The first-order valence-corrected chi connectivity index (χ1v) is 12.5. The molecule has 1 fully saturated rings. The molecule has 0 spiro atoms. The summed E-state index contributed by atoms with van der Waals surface area (Å²) in [5.41, 5.74) is -4.33. The van der Waals surface area contributed by atoms with Crippen LogP contribution in [0.5, 0.6) is 0 Å². The third-order valence-corrected chi connectivity index (χ3v) is 6.69. The van der Waals surface area contributed by atoms with E-state index < -0.39 is 30.3 Å². The number of hydrogen-bond acceptors (Lipinski definition) is 3. The highest BCUT2D eigenvalue weighted by Gasteiger charge is 2.48. The first-order chi connectivity index (χ1) is 9.74. The first kappa shape index (κ1) is 19.7. The highest BCUT2D eigenvalue weighted by molar-refractivity contribution is 7.87. The van der Waals surface area contributed by atoms with Crippen molar-refractivity contribution in [3.05, 3.63) is 12.2 Å². The molecule has 0 bridgehead atoms. The van der Waals surface area contributed by atoms with Crippen molar-refractivity contribution in [3.8, 4) is 0 Å². The number of alkyl halides is 3. The van der Waals surface area contributed by atoms with Crippen molar-refractivity contribution in [2.75, 3.05) is 6.61 Å². The Morgan fingerprint density at radius 1 is 1.27 bits per heavy atom. The maximum Gasteiger partial charge on any atom is 0.523 e. The van der Waals surface area contributed by atoms with E-state index in [-0.39, 0.29) is 17.8 Å². The van der Waals surface area contributed by atoms with Gasteiger partial charge in [0.05, 0.1) is 6.61 Å². The summed E-state index contributed by atoms with van der Waals surface area (Å²) in [6.45, 7) is 12.2. The van der Waals surface area contributed by atoms with E-state index >= 15 is 0 Å². The van der Waals surface area contributed by atoms with Gasteiger partial charge in [-0.3, -0.25) is 4.18 Å². The molecule has 0 saturated heterocycles. The van der Waals surface area contributed by atoms with Gasteiger partial charge in [0.15, 0.2) is 0 Å². The Bertz CT molecular complexity index is 508. The van der Waals surface area contributed by atoms with E-state index in [2.05, 4.69) is 30.4 Å². The van der Waals surface area contributed by atoms with E-state index in [1.807, 2.05) is 6.92 Å². The van der Waals surface area contributed by atoms with Crippen molar-refractivity contribution >= 4 is 18.2 Å². The summed E-state index contributed by atoms with van der Waals surface area (Å²) >= 11 is 0. The van der Waals surface area contributed by atoms with Gasteiger partial charge in [0.2, 0.25) is 0 Å². The summed E-state index contributed by atoms with van der Waals surface area (Å²) < 4.78 is 63.5. The van der Waals surface area contributed by atoms with Gasteiger partial charge in [-0.25, -0.2) is 0 Å². The Hall–Kier alpha value is -0.343.